The molecule has 1 amide bonds. The Labute approximate surface area is 127 Å². The van der Waals surface area contributed by atoms with E-state index in [9.17, 15) is 14.3 Å². The van der Waals surface area contributed by atoms with Gasteiger partial charge in [-0.05, 0) is 17.7 Å². The average molecular weight is 307 g/mol. The number of carbonyl (C=O) groups excluding carboxylic acids is 1. The Balaban J connectivity index is 1.88. The van der Waals surface area contributed by atoms with E-state index >= 15 is 0 Å². The molecule has 0 bridgehead atoms. The lowest BCUT2D eigenvalue weighted by Crippen LogP contribution is -2.15. The van der Waals surface area contributed by atoms with Gasteiger partial charge in [0.1, 0.15) is 5.82 Å². The second-order valence-corrected chi connectivity index (χ2v) is 4.81. The maximum atomic E-state index is 13.1. The van der Waals surface area contributed by atoms with Crippen LogP contribution in [0.4, 0.5) is 10.1 Å². The third-order valence-electron chi connectivity index (χ3n) is 3.05. The molecule has 1 heterocycles. The molecule has 2 rings (SSSR count). The number of carbonyl (C=O) groups is 1. The molecule has 1 unspecified atom stereocenters. The normalized spacial score (nSPS) is 12.1. The van der Waals surface area contributed by atoms with Crippen molar-refractivity contribution in [1.82, 2.24) is 9.78 Å². The molecule has 0 saturated heterocycles. The first kappa shape index (κ1) is 16.1. The van der Waals surface area contributed by atoms with Crippen LogP contribution in [0.15, 0.2) is 36.7 Å². The minimum Gasteiger partial charge on any atom is -0.388 e. The molecule has 0 fully saturated rings. The zero-order chi connectivity index (χ0) is 15.9. The molecule has 6 nitrogen and oxygen atoms in total. The number of ether oxygens (including phenoxy) is 1. The van der Waals surface area contributed by atoms with Crippen molar-refractivity contribution in [1.29, 1.82) is 0 Å². The summed E-state index contributed by atoms with van der Waals surface area (Å²) in [7, 11) is 1.60. The number of aliphatic hydroxyl groups excluding tert-OH is 1. The topological polar surface area (TPSA) is 76.4 Å². The summed E-state index contributed by atoms with van der Waals surface area (Å²) < 4.78 is 19.7. The number of benzene rings is 1. The van der Waals surface area contributed by atoms with Gasteiger partial charge in [-0.1, -0.05) is 12.1 Å². The number of nitrogens with one attached hydrogen (secondary N) is 1. The summed E-state index contributed by atoms with van der Waals surface area (Å²) in [5.41, 5.74) is 0.901. The monoisotopic (exact) mass is 307 g/mol. The molecule has 0 aliphatic rings. The summed E-state index contributed by atoms with van der Waals surface area (Å²) >= 11 is 0. The van der Waals surface area contributed by atoms with Crippen molar-refractivity contribution in [3.05, 3.63) is 48.0 Å². The third kappa shape index (κ3) is 4.64. The number of hydrogen-bond acceptors (Lipinski definition) is 4. The van der Waals surface area contributed by atoms with E-state index in [0.29, 0.717) is 24.4 Å². The molecule has 0 aliphatic carbocycles. The fourth-order valence-electron chi connectivity index (χ4n) is 1.95. The maximum absolute atomic E-state index is 13.1. The smallest absolute Gasteiger partial charge is 0.227 e. The van der Waals surface area contributed by atoms with Gasteiger partial charge in [0.05, 0.1) is 37.6 Å². The maximum Gasteiger partial charge on any atom is 0.227 e. The van der Waals surface area contributed by atoms with Crippen LogP contribution in [-0.2, 0) is 16.1 Å². The van der Waals surface area contributed by atoms with Gasteiger partial charge in [-0.15, -0.1) is 0 Å². The molecule has 0 spiro atoms. The molecule has 2 N–H and O–H groups in total. The zero-order valence-electron chi connectivity index (χ0n) is 12.2. The van der Waals surface area contributed by atoms with Crippen LogP contribution in [-0.4, -0.2) is 34.5 Å². The second-order valence-electron chi connectivity index (χ2n) is 4.81. The Morgan fingerprint density at radius 2 is 2.36 bits per heavy atom. The summed E-state index contributed by atoms with van der Waals surface area (Å²) in [6.07, 6.45) is 1.97. The molecule has 0 radical (unpaired) electrons. The number of rotatable bonds is 7. The number of aromatic nitrogens is 2. The van der Waals surface area contributed by atoms with Crippen LogP contribution >= 0.6 is 0 Å². The molecule has 1 aromatic carbocycles. The predicted octanol–water partition coefficient (Wildman–Crippen LogP) is 1.73. The number of halogens is 1. The number of aliphatic hydroxyl groups is 1. The first-order valence-corrected chi connectivity index (χ1v) is 6.83. The third-order valence-corrected chi connectivity index (χ3v) is 3.05. The van der Waals surface area contributed by atoms with Gasteiger partial charge in [0, 0.05) is 13.3 Å². The van der Waals surface area contributed by atoms with Gasteiger partial charge >= 0.3 is 0 Å². The Hall–Kier alpha value is -2.25. The standard InChI is InChI=1S/C15H18FN3O3/c1-22-6-5-19-10-13(9-17-19)18-15(21)8-14(20)11-3-2-4-12(16)7-11/h2-4,7,9-10,14,20H,5-6,8H2,1H3,(H,18,21). The molecule has 7 heteroatoms. The number of anilines is 1. The highest BCUT2D eigenvalue weighted by atomic mass is 19.1. The summed E-state index contributed by atoms with van der Waals surface area (Å²) in [6, 6.07) is 5.56. The highest BCUT2D eigenvalue weighted by Gasteiger charge is 2.14. The molecule has 118 valence electrons. The lowest BCUT2D eigenvalue weighted by atomic mass is 10.1. The van der Waals surface area contributed by atoms with Crippen LogP contribution in [0.1, 0.15) is 18.1 Å². The van der Waals surface area contributed by atoms with Crippen LogP contribution in [0.3, 0.4) is 0 Å². The van der Waals surface area contributed by atoms with Crippen LogP contribution in [0.2, 0.25) is 0 Å². The van der Waals surface area contributed by atoms with Gasteiger partial charge in [-0.25, -0.2) is 4.39 Å². The fourth-order valence-corrected chi connectivity index (χ4v) is 1.95. The Morgan fingerprint density at radius 1 is 1.55 bits per heavy atom. The van der Waals surface area contributed by atoms with E-state index < -0.39 is 11.9 Å². The second kappa shape index (κ2) is 7.67. The summed E-state index contributed by atoms with van der Waals surface area (Å²) in [5, 5.41) is 16.7. The lowest BCUT2D eigenvalue weighted by molar-refractivity contribution is -0.118. The average Bonchev–Trinajstić information content (AvgIpc) is 2.92. The van der Waals surface area contributed by atoms with Gasteiger partial charge in [0.15, 0.2) is 0 Å². The molecular formula is C15H18FN3O3. The van der Waals surface area contributed by atoms with E-state index in [1.165, 1.54) is 24.4 Å². The van der Waals surface area contributed by atoms with E-state index in [1.54, 1.807) is 24.1 Å². The molecule has 1 aromatic heterocycles. The van der Waals surface area contributed by atoms with Crippen LogP contribution in [0, 0.1) is 5.82 Å². The summed E-state index contributed by atoms with van der Waals surface area (Å²) in [4.78, 5) is 11.9. The molecule has 22 heavy (non-hydrogen) atoms. The minimum atomic E-state index is -1.06. The number of nitrogens with zero attached hydrogens (tertiary/aromatic N) is 2. The van der Waals surface area contributed by atoms with Crippen molar-refractivity contribution in [2.45, 2.75) is 19.1 Å². The van der Waals surface area contributed by atoms with Crippen LogP contribution in [0.25, 0.3) is 0 Å². The first-order valence-electron chi connectivity index (χ1n) is 6.83. The van der Waals surface area contributed by atoms with E-state index in [4.69, 9.17) is 4.74 Å². The van der Waals surface area contributed by atoms with E-state index in [2.05, 4.69) is 10.4 Å². The number of hydrogen-bond donors (Lipinski definition) is 2. The van der Waals surface area contributed by atoms with Gasteiger partial charge in [-0.3, -0.25) is 9.48 Å². The summed E-state index contributed by atoms with van der Waals surface area (Å²) in [5.74, 6) is -0.820. The van der Waals surface area contributed by atoms with Gasteiger partial charge in [0.2, 0.25) is 5.91 Å². The quantitative estimate of drug-likeness (QED) is 0.817. The van der Waals surface area contributed by atoms with Crippen molar-refractivity contribution < 1.29 is 19.0 Å². The lowest BCUT2D eigenvalue weighted by Gasteiger charge is -2.10. The molecule has 0 saturated carbocycles. The first-order chi connectivity index (χ1) is 10.6. The molecule has 2 aromatic rings. The van der Waals surface area contributed by atoms with E-state index in [0.717, 1.165) is 0 Å². The highest BCUT2D eigenvalue weighted by molar-refractivity contribution is 5.90. The molecular weight excluding hydrogens is 289 g/mol. The Kier molecular flexibility index (Phi) is 5.62. The van der Waals surface area contributed by atoms with E-state index in [1.807, 2.05) is 0 Å². The largest absolute Gasteiger partial charge is 0.388 e. The van der Waals surface area contributed by atoms with Gasteiger partial charge < -0.3 is 15.2 Å². The van der Waals surface area contributed by atoms with Crippen molar-refractivity contribution >= 4 is 11.6 Å². The predicted molar refractivity (Wildman–Crippen MR) is 78.7 cm³/mol. The molecule has 0 aliphatic heterocycles. The van der Waals surface area contributed by atoms with Gasteiger partial charge in [-0.2, -0.15) is 5.10 Å². The van der Waals surface area contributed by atoms with Gasteiger partial charge in [0.25, 0.3) is 0 Å². The number of methoxy groups -OCH3 is 1. The molecule has 1 atom stereocenters. The Bertz CT molecular complexity index is 630. The van der Waals surface area contributed by atoms with Crippen molar-refractivity contribution in [3.8, 4) is 0 Å². The number of amides is 1. The van der Waals surface area contributed by atoms with Crippen LogP contribution in [0.5, 0.6) is 0 Å². The van der Waals surface area contributed by atoms with Crippen molar-refractivity contribution in [2.24, 2.45) is 0 Å². The SMILES string of the molecule is COCCn1cc(NC(=O)CC(O)c2cccc(F)c2)cn1. The summed E-state index contributed by atoms with van der Waals surface area (Å²) in [6.45, 7) is 1.10. The van der Waals surface area contributed by atoms with Crippen molar-refractivity contribution in [2.75, 3.05) is 19.0 Å². The fraction of sp³-hybridized carbons (Fsp3) is 0.333. The minimum absolute atomic E-state index is 0.160. The van der Waals surface area contributed by atoms with E-state index in [-0.39, 0.29) is 12.3 Å². The van der Waals surface area contributed by atoms with Crippen molar-refractivity contribution in [3.63, 3.8) is 0 Å². The zero-order valence-corrected chi connectivity index (χ0v) is 12.2. The van der Waals surface area contributed by atoms with Crippen LogP contribution < -0.4 is 5.32 Å². The Morgan fingerprint density at radius 3 is 3.09 bits per heavy atom. The highest BCUT2D eigenvalue weighted by Crippen LogP contribution is 2.18.